The van der Waals surface area contributed by atoms with Gasteiger partial charge in [0, 0.05) is 13.1 Å². The number of hydrogen-bond donors (Lipinski definition) is 2. The van der Waals surface area contributed by atoms with Crippen molar-refractivity contribution in [1.29, 1.82) is 0 Å². The van der Waals surface area contributed by atoms with Crippen molar-refractivity contribution in [2.75, 3.05) is 26.2 Å². The van der Waals surface area contributed by atoms with Gasteiger partial charge in [-0.25, -0.2) is 4.98 Å². The maximum absolute atomic E-state index is 12.7. The summed E-state index contributed by atoms with van der Waals surface area (Å²) in [5.74, 6) is 0.714. The van der Waals surface area contributed by atoms with Gasteiger partial charge < -0.3 is 10.3 Å². The van der Waals surface area contributed by atoms with E-state index in [0.29, 0.717) is 23.4 Å². The summed E-state index contributed by atoms with van der Waals surface area (Å²) in [6.07, 6.45) is -3.26. The molecule has 1 saturated heterocycles. The van der Waals surface area contributed by atoms with E-state index in [1.165, 1.54) is 6.07 Å². The Morgan fingerprint density at radius 2 is 2.05 bits per heavy atom. The fourth-order valence-electron chi connectivity index (χ4n) is 2.59. The van der Waals surface area contributed by atoms with Crippen molar-refractivity contribution in [3.8, 4) is 0 Å². The summed E-state index contributed by atoms with van der Waals surface area (Å²) in [7, 11) is 0. The first-order valence-corrected chi connectivity index (χ1v) is 7.01. The lowest BCUT2D eigenvalue weighted by atomic mass is 10.2. The van der Waals surface area contributed by atoms with Crippen LogP contribution in [-0.4, -0.2) is 41.0 Å². The van der Waals surface area contributed by atoms with Crippen LogP contribution in [0.25, 0.3) is 11.0 Å². The Balaban J connectivity index is 1.80. The first kappa shape index (κ1) is 14.3. The highest BCUT2D eigenvalue weighted by Crippen LogP contribution is 2.30. The van der Waals surface area contributed by atoms with Crippen LogP contribution in [-0.2, 0) is 12.7 Å². The van der Waals surface area contributed by atoms with Gasteiger partial charge >= 0.3 is 6.18 Å². The van der Waals surface area contributed by atoms with Gasteiger partial charge in [0.15, 0.2) is 0 Å². The standard InChI is InChI=1S/C14H17F3N4/c15-14(16,17)10-2-3-11-12(8-10)20-13(19-11)9-21-6-1-4-18-5-7-21/h2-3,8,18H,1,4-7,9H2,(H,19,20). The maximum Gasteiger partial charge on any atom is 0.416 e. The van der Waals surface area contributed by atoms with Crippen molar-refractivity contribution >= 4 is 11.0 Å². The van der Waals surface area contributed by atoms with E-state index in [1.54, 1.807) is 0 Å². The molecule has 0 saturated carbocycles. The topological polar surface area (TPSA) is 44.0 Å². The van der Waals surface area contributed by atoms with Crippen molar-refractivity contribution < 1.29 is 13.2 Å². The van der Waals surface area contributed by atoms with E-state index >= 15 is 0 Å². The first-order chi connectivity index (χ1) is 10.0. The van der Waals surface area contributed by atoms with Crippen LogP contribution >= 0.6 is 0 Å². The number of alkyl halides is 3. The second kappa shape index (κ2) is 5.65. The average Bonchev–Trinajstić information content (AvgIpc) is 2.63. The lowest BCUT2D eigenvalue weighted by Crippen LogP contribution is -2.28. The number of imidazole rings is 1. The smallest absolute Gasteiger partial charge is 0.341 e. The number of H-pyrrole nitrogens is 1. The zero-order valence-corrected chi connectivity index (χ0v) is 11.5. The Morgan fingerprint density at radius 3 is 2.86 bits per heavy atom. The summed E-state index contributed by atoms with van der Waals surface area (Å²) in [5.41, 5.74) is 0.364. The highest BCUT2D eigenvalue weighted by molar-refractivity contribution is 5.76. The quantitative estimate of drug-likeness (QED) is 0.894. The normalized spacial score (nSPS) is 18.0. The van der Waals surface area contributed by atoms with Gasteiger partial charge in [0.2, 0.25) is 0 Å². The zero-order valence-electron chi connectivity index (χ0n) is 11.5. The fourth-order valence-corrected chi connectivity index (χ4v) is 2.59. The molecule has 0 radical (unpaired) electrons. The van der Waals surface area contributed by atoms with Crippen molar-refractivity contribution in [3.05, 3.63) is 29.6 Å². The van der Waals surface area contributed by atoms with E-state index in [9.17, 15) is 13.2 Å². The molecule has 0 atom stereocenters. The summed E-state index contributed by atoms with van der Waals surface area (Å²) in [6, 6.07) is 3.61. The number of halogens is 3. The number of aromatic amines is 1. The number of benzene rings is 1. The largest absolute Gasteiger partial charge is 0.416 e. The Labute approximate surface area is 120 Å². The van der Waals surface area contributed by atoms with Gasteiger partial charge in [-0.15, -0.1) is 0 Å². The molecular formula is C14H17F3N4. The van der Waals surface area contributed by atoms with E-state index < -0.39 is 11.7 Å². The third-order valence-corrected chi connectivity index (χ3v) is 3.66. The molecule has 0 bridgehead atoms. The van der Waals surface area contributed by atoms with Crippen molar-refractivity contribution in [3.63, 3.8) is 0 Å². The van der Waals surface area contributed by atoms with Crippen molar-refractivity contribution in [2.24, 2.45) is 0 Å². The molecule has 7 heteroatoms. The lowest BCUT2D eigenvalue weighted by molar-refractivity contribution is -0.137. The Kier molecular flexibility index (Phi) is 3.86. The molecule has 0 aliphatic carbocycles. The molecule has 0 unspecified atom stereocenters. The summed E-state index contributed by atoms with van der Waals surface area (Å²) in [4.78, 5) is 9.63. The van der Waals surface area contributed by atoms with Crippen LogP contribution < -0.4 is 5.32 Å². The Hall–Kier alpha value is -1.60. The van der Waals surface area contributed by atoms with Crippen molar-refractivity contribution in [1.82, 2.24) is 20.2 Å². The van der Waals surface area contributed by atoms with E-state index in [2.05, 4.69) is 20.2 Å². The number of fused-ring (bicyclic) bond motifs is 1. The molecule has 4 nitrogen and oxygen atoms in total. The molecule has 2 heterocycles. The van der Waals surface area contributed by atoms with Crippen LogP contribution in [0.4, 0.5) is 13.2 Å². The highest BCUT2D eigenvalue weighted by atomic mass is 19.4. The second-order valence-corrected chi connectivity index (χ2v) is 5.29. The number of aromatic nitrogens is 2. The van der Waals surface area contributed by atoms with Gasteiger partial charge in [0.05, 0.1) is 23.1 Å². The van der Waals surface area contributed by atoms with Crippen molar-refractivity contribution in [2.45, 2.75) is 19.1 Å². The SMILES string of the molecule is FC(F)(F)c1ccc2nc(CN3CCCNCC3)[nH]c2c1. The highest BCUT2D eigenvalue weighted by Gasteiger charge is 2.30. The Morgan fingerprint density at radius 1 is 1.19 bits per heavy atom. The van der Waals surface area contributed by atoms with Crippen LogP contribution in [0.2, 0.25) is 0 Å². The molecule has 3 rings (SSSR count). The van der Waals surface area contributed by atoms with Gasteiger partial charge in [-0.3, -0.25) is 4.90 Å². The van der Waals surface area contributed by atoms with Gasteiger partial charge in [-0.2, -0.15) is 13.2 Å². The van der Waals surface area contributed by atoms with Crippen LogP contribution in [0.1, 0.15) is 17.8 Å². The molecular weight excluding hydrogens is 281 g/mol. The minimum absolute atomic E-state index is 0.438. The zero-order chi connectivity index (χ0) is 14.9. The second-order valence-electron chi connectivity index (χ2n) is 5.29. The van der Waals surface area contributed by atoms with E-state index in [-0.39, 0.29) is 0 Å². The number of hydrogen-bond acceptors (Lipinski definition) is 3. The molecule has 2 aromatic rings. The molecule has 114 valence electrons. The summed E-state index contributed by atoms with van der Waals surface area (Å²) in [5, 5.41) is 3.32. The minimum atomic E-state index is -4.32. The monoisotopic (exact) mass is 298 g/mol. The maximum atomic E-state index is 12.7. The fraction of sp³-hybridized carbons (Fsp3) is 0.500. The third kappa shape index (κ3) is 3.36. The first-order valence-electron chi connectivity index (χ1n) is 7.01. The molecule has 1 aromatic carbocycles. The molecule has 1 aliphatic heterocycles. The Bertz CT molecular complexity index is 612. The molecule has 2 N–H and O–H groups in total. The van der Waals surface area contributed by atoms with E-state index in [0.717, 1.165) is 44.7 Å². The number of rotatable bonds is 2. The molecule has 0 spiro atoms. The molecule has 0 amide bonds. The molecule has 1 aliphatic rings. The molecule has 1 fully saturated rings. The lowest BCUT2D eigenvalue weighted by Gasteiger charge is -2.17. The minimum Gasteiger partial charge on any atom is -0.341 e. The van der Waals surface area contributed by atoms with Gasteiger partial charge in [-0.1, -0.05) is 0 Å². The van der Waals surface area contributed by atoms with E-state index in [1.807, 2.05) is 0 Å². The van der Waals surface area contributed by atoms with Gasteiger partial charge in [-0.05, 0) is 37.7 Å². The summed E-state index contributed by atoms with van der Waals surface area (Å²) >= 11 is 0. The summed E-state index contributed by atoms with van der Waals surface area (Å²) < 4.78 is 38.1. The van der Waals surface area contributed by atoms with Crippen LogP contribution in [0.3, 0.4) is 0 Å². The number of nitrogens with one attached hydrogen (secondary N) is 2. The molecule has 1 aromatic heterocycles. The predicted molar refractivity (Wildman–Crippen MR) is 73.9 cm³/mol. The van der Waals surface area contributed by atoms with E-state index in [4.69, 9.17) is 0 Å². The van der Waals surface area contributed by atoms with Crippen LogP contribution in [0, 0.1) is 0 Å². The number of nitrogens with zero attached hydrogens (tertiary/aromatic N) is 2. The van der Waals surface area contributed by atoms with Crippen LogP contribution in [0.15, 0.2) is 18.2 Å². The predicted octanol–water partition coefficient (Wildman–Crippen LogP) is 2.38. The molecule has 21 heavy (non-hydrogen) atoms. The van der Waals surface area contributed by atoms with Crippen LogP contribution in [0.5, 0.6) is 0 Å². The van der Waals surface area contributed by atoms with Gasteiger partial charge in [0.25, 0.3) is 0 Å². The third-order valence-electron chi connectivity index (χ3n) is 3.66. The van der Waals surface area contributed by atoms with Gasteiger partial charge in [0.1, 0.15) is 5.82 Å². The average molecular weight is 298 g/mol. The summed E-state index contributed by atoms with van der Waals surface area (Å²) in [6.45, 7) is 4.46.